The van der Waals surface area contributed by atoms with Crippen LogP contribution in [0.1, 0.15) is 40.0 Å². The molecule has 10 heteroatoms. The number of benzene rings is 1. The number of hydrogen-bond donors (Lipinski definition) is 3. The fourth-order valence-corrected chi connectivity index (χ4v) is 3.11. The zero-order valence-electron chi connectivity index (χ0n) is 14.9. The van der Waals surface area contributed by atoms with Crippen LogP contribution in [0.4, 0.5) is 5.69 Å². The SMILES string of the molecule is O=C(O)CCOCCNc1ccc2c(c1)C(=O)N(C1CCC(=O)NC1=O)C2=O. The Morgan fingerprint density at radius 3 is 2.64 bits per heavy atom. The topological polar surface area (TPSA) is 142 Å². The lowest BCUT2D eigenvalue weighted by atomic mass is 10.0. The number of piperidine rings is 1. The van der Waals surface area contributed by atoms with Crippen molar-refractivity contribution in [3.05, 3.63) is 29.3 Å². The standard InChI is InChI=1S/C18H19N3O7/c22-14-4-3-13(16(25)20-14)21-17(26)11-2-1-10(9-12(11)18(21)27)19-6-8-28-7-5-15(23)24/h1-2,9,13,19H,3-8H2,(H,23,24)(H,20,22,25). The molecule has 28 heavy (non-hydrogen) atoms. The van der Waals surface area contributed by atoms with Crippen molar-refractivity contribution in [1.82, 2.24) is 10.2 Å². The Balaban J connectivity index is 1.62. The average molecular weight is 389 g/mol. The Morgan fingerprint density at radius 2 is 1.93 bits per heavy atom. The average Bonchev–Trinajstić information content (AvgIpc) is 2.89. The van der Waals surface area contributed by atoms with Crippen molar-refractivity contribution in [1.29, 1.82) is 0 Å². The Kier molecular flexibility index (Phi) is 5.69. The first-order valence-corrected chi connectivity index (χ1v) is 8.77. The Morgan fingerprint density at radius 1 is 1.18 bits per heavy atom. The number of ether oxygens (including phenoxy) is 1. The summed E-state index contributed by atoms with van der Waals surface area (Å²) in [5, 5.41) is 13.7. The number of carbonyl (C=O) groups excluding carboxylic acids is 4. The molecule has 1 fully saturated rings. The molecule has 0 aromatic heterocycles. The number of anilines is 1. The van der Waals surface area contributed by atoms with Gasteiger partial charge in [-0.15, -0.1) is 0 Å². The molecule has 2 aliphatic rings. The number of amides is 4. The molecule has 1 unspecified atom stereocenters. The van der Waals surface area contributed by atoms with Crippen LogP contribution in [-0.4, -0.2) is 65.4 Å². The normalized spacial score (nSPS) is 18.9. The van der Waals surface area contributed by atoms with Gasteiger partial charge in [-0.3, -0.25) is 34.2 Å². The Bertz CT molecular complexity index is 852. The summed E-state index contributed by atoms with van der Waals surface area (Å²) in [6.07, 6.45) is 0.0963. The van der Waals surface area contributed by atoms with Gasteiger partial charge in [-0.05, 0) is 24.6 Å². The van der Waals surface area contributed by atoms with E-state index in [-0.39, 0.29) is 43.6 Å². The first-order valence-electron chi connectivity index (χ1n) is 8.77. The number of carbonyl (C=O) groups is 5. The van der Waals surface area contributed by atoms with Gasteiger partial charge in [0.05, 0.1) is 30.8 Å². The van der Waals surface area contributed by atoms with Gasteiger partial charge in [0.15, 0.2) is 0 Å². The highest BCUT2D eigenvalue weighted by Crippen LogP contribution is 2.29. The predicted molar refractivity (Wildman–Crippen MR) is 94.7 cm³/mol. The molecule has 1 saturated heterocycles. The van der Waals surface area contributed by atoms with E-state index >= 15 is 0 Å². The molecule has 148 valence electrons. The number of fused-ring (bicyclic) bond motifs is 1. The summed E-state index contributed by atoms with van der Waals surface area (Å²) in [5.74, 6) is -3.14. The van der Waals surface area contributed by atoms with E-state index in [4.69, 9.17) is 9.84 Å². The molecule has 0 saturated carbocycles. The molecule has 2 heterocycles. The van der Waals surface area contributed by atoms with E-state index < -0.39 is 35.6 Å². The zero-order valence-corrected chi connectivity index (χ0v) is 14.9. The highest BCUT2D eigenvalue weighted by molar-refractivity contribution is 6.23. The van der Waals surface area contributed by atoms with E-state index in [0.717, 1.165) is 4.90 Å². The molecule has 1 atom stereocenters. The minimum atomic E-state index is -0.996. The molecule has 0 aliphatic carbocycles. The lowest BCUT2D eigenvalue weighted by Crippen LogP contribution is -2.54. The number of aliphatic carboxylic acids is 1. The van der Waals surface area contributed by atoms with Gasteiger partial charge in [0.25, 0.3) is 11.8 Å². The number of imide groups is 2. The van der Waals surface area contributed by atoms with Crippen molar-refractivity contribution < 1.29 is 33.8 Å². The van der Waals surface area contributed by atoms with Gasteiger partial charge in [-0.1, -0.05) is 0 Å². The minimum absolute atomic E-state index is 0.0680. The summed E-state index contributed by atoms with van der Waals surface area (Å²) < 4.78 is 5.17. The van der Waals surface area contributed by atoms with Crippen LogP contribution in [0.2, 0.25) is 0 Å². The van der Waals surface area contributed by atoms with Crippen LogP contribution in [-0.2, 0) is 19.1 Å². The van der Waals surface area contributed by atoms with Crippen LogP contribution in [0.5, 0.6) is 0 Å². The summed E-state index contributed by atoms with van der Waals surface area (Å²) in [6, 6.07) is 3.67. The van der Waals surface area contributed by atoms with Crippen molar-refractivity contribution in [2.45, 2.75) is 25.3 Å². The second kappa shape index (κ2) is 8.17. The predicted octanol–water partition coefficient (Wildman–Crippen LogP) is -0.00900. The lowest BCUT2D eigenvalue weighted by molar-refractivity contribution is -0.138. The second-order valence-corrected chi connectivity index (χ2v) is 6.39. The van der Waals surface area contributed by atoms with Crippen molar-refractivity contribution >= 4 is 35.3 Å². The lowest BCUT2D eigenvalue weighted by Gasteiger charge is -2.27. The van der Waals surface area contributed by atoms with Crippen LogP contribution >= 0.6 is 0 Å². The third-order valence-corrected chi connectivity index (χ3v) is 4.48. The molecule has 1 aromatic carbocycles. The van der Waals surface area contributed by atoms with Crippen molar-refractivity contribution in [3.8, 4) is 0 Å². The minimum Gasteiger partial charge on any atom is -0.481 e. The van der Waals surface area contributed by atoms with Gasteiger partial charge >= 0.3 is 5.97 Å². The third kappa shape index (κ3) is 4.01. The van der Waals surface area contributed by atoms with Crippen LogP contribution in [0.25, 0.3) is 0 Å². The maximum absolute atomic E-state index is 12.7. The molecular weight excluding hydrogens is 370 g/mol. The summed E-state index contributed by atoms with van der Waals surface area (Å²) in [7, 11) is 0. The van der Waals surface area contributed by atoms with Crippen LogP contribution < -0.4 is 10.6 Å². The summed E-state index contributed by atoms with van der Waals surface area (Å²) in [6.45, 7) is 0.770. The Labute approximate surface area is 159 Å². The number of rotatable bonds is 8. The van der Waals surface area contributed by atoms with E-state index in [1.165, 1.54) is 12.1 Å². The molecule has 0 spiro atoms. The van der Waals surface area contributed by atoms with E-state index in [9.17, 15) is 24.0 Å². The van der Waals surface area contributed by atoms with Gasteiger partial charge in [0, 0.05) is 18.7 Å². The van der Waals surface area contributed by atoms with Crippen molar-refractivity contribution in [2.75, 3.05) is 25.1 Å². The highest BCUT2D eigenvalue weighted by Gasteiger charge is 2.44. The van der Waals surface area contributed by atoms with Crippen LogP contribution in [0.3, 0.4) is 0 Å². The monoisotopic (exact) mass is 389 g/mol. The molecule has 3 N–H and O–H groups in total. The largest absolute Gasteiger partial charge is 0.481 e. The Hall–Kier alpha value is -3.27. The molecule has 10 nitrogen and oxygen atoms in total. The van der Waals surface area contributed by atoms with Gasteiger partial charge in [-0.2, -0.15) is 0 Å². The molecule has 0 radical (unpaired) electrons. The van der Waals surface area contributed by atoms with E-state index in [1.807, 2.05) is 0 Å². The van der Waals surface area contributed by atoms with Gasteiger partial charge in [-0.25, -0.2) is 0 Å². The van der Waals surface area contributed by atoms with Gasteiger partial charge in [0.1, 0.15) is 6.04 Å². The number of hydrogen-bond acceptors (Lipinski definition) is 7. The molecule has 1 aromatic rings. The summed E-state index contributed by atoms with van der Waals surface area (Å²) in [4.78, 5) is 59.9. The summed E-state index contributed by atoms with van der Waals surface area (Å²) >= 11 is 0. The maximum atomic E-state index is 12.7. The zero-order chi connectivity index (χ0) is 20.3. The van der Waals surface area contributed by atoms with Crippen LogP contribution in [0, 0.1) is 0 Å². The van der Waals surface area contributed by atoms with E-state index in [1.54, 1.807) is 6.07 Å². The number of carboxylic acid groups (broad SMARTS) is 1. The van der Waals surface area contributed by atoms with Crippen molar-refractivity contribution in [3.63, 3.8) is 0 Å². The molecule has 0 bridgehead atoms. The highest BCUT2D eigenvalue weighted by atomic mass is 16.5. The number of nitrogens with zero attached hydrogens (tertiary/aromatic N) is 1. The van der Waals surface area contributed by atoms with Gasteiger partial charge in [0.2, 0.25) is 11.8 Å². The maximum Gasteiger partial charge on any atom is 0.305 e. The van der Waals surface area contributed by atoms with E-state index in [2.05, 4.69) is 10.6 Å². The van der Waals surface area contributed by atoms with E-state index in [0.29, 0.717) is 12.2 Å². The molecular formula is C18H19N3O7. The van der Waals surface area contributed by atoms with Crippen molar-refractivity contribution in [2.24, 2.45) is 0 Å². The quantitative estimate of drug-likeness (QED) is 0.416. The fourth-order valence-electron chi connectivity index (χ4n) is 3.11. The first kappa shape index (κ1) is 19.5. The first-order chi connectivity index (χ1) is 13.4. The molecule has 3 rings (SSSR count). The second-order valence-electron chi connectivity index (χ2n) is 6.39. The number of nitrogens with one attached hydrogen (secondary N) is 2. The van der Waals surface area contributed by atoms with Gasteiger partial charge < -0.3 is 15.2 Å². The fraction of sp³-hybridized carbons (Fsp3) is 0.389. The molecule has 2 aliphatic heterocycles. The molecule has 4 amide bonds. The number of carboxylic acids is 1. The summed E-state index contributed by atoms with van der Waals surface area (Å²) in [5.41, 5.74) is 0.983. The van der Waals surface area contributed by atoms with Crippen LogP contribution in [0.15, 0.2) is 18.2 Å². The smallest absolute Gasteiger partial charge is 0.305 e. The third-order valence-electron chi connectivity index (χ3n) is 4.48.